The summed E-state index contributed by atoms with van der Waals surface area (Å²) in [5.74, 6) is 0.828. The number of allylic oxidation sites excluding steroid dienone is 1. The van der Waals surface area contributed by atoms with Crippen LogP contribution in [0.4, 0.5) is 0 Å². The molecule has 0 spiro atoms. The number of aromatic nitrogens is 1. The molecule has 2 atom stereocenters. The molecule has 1 aromatic rings. The van der Waals surface area contributed by atoms with Crippen molar-refractivity contribution in [3.05, 3.63) is 36.2 Å². The summed E-state index contributed by atoms with van der Waals surface area (Å²) in [6, 6.07) is 4.80. The summed E-state index contributed by atoms with van der Waals surface area (Å²) in [7, 11) is 0. The van der Waals surface area contributed by atoms with Crippen LogP contribution in [0.3, 0.4) is 0 Å². The molecule has 2 aliphatic rings. The Hall–Kier alpha value is -1.15. The monoisotopic (exact) mass is 200 g/mol. The van der Waals surface area contributed by atoms with Gasteiger partial charge < -0.3 is 5.32 Å². The van der Waals surface area contributed by atoms with Crippen molar-refractivity contribution >= 4 is 5.57 Å². The van der Waals surface area contributed by atoms with Crippen molar-refractivity contribution < 1.29 is 0 Å². The van der Waals surface area contributed by atoms with Gasteiger partial charge in [-0.25, -0.2) is 0 Å². The maximum absolute atomic E-state index is 4.19. The zero-order valence-corrected chi connectivity index (χ0v) is 8.82. The number of hydrogen-bond acceptors (Lipinski definition) is 2. The fraction of sp³-hybridized carbons (Fsp3) is 0.462. The first-order valence-corrected chi connectivity index (χ1v) is 5.78. The molecule has 0 unspecified atom stereocenters. The van der Waals surface area contributed by atoms with Crippen LogP contribution >= 0.6 is 0 Å². The largest absolute Gasteiger partial charge is 0.310 e. The van der Waals surface area contributed by atoms with Crippen molar-refractivity contribution in [2.45, 2.75) is 25.3 Å². The quantitative estimate of drug-likeness (QED) is 0.752. The van der Waals surface area contributed by atoms with Crippen molar-refractivity contribution in [2.75, 3.05) is 6.54 Å². The molecule has 0 aromatic carbocycles. The van der Waals surface area contributed by atoms with Crippen LogP contribution < -0.4 is 5.32 Å². The number of hydrogen-bond donors (Lipinski definition) is 1. The zero-order valence-electron chi connectivity index (χ0n) is 8.82. The summed E-state index contributed by atoms with van der Waals surface area (Å²) in [6.07, 6.45) is 10.1. The number of pyridine rings is 1. The third-order valence-corrected chi connectivity index (χ3v) is 3.53. The molecule has 1 fully saturated rings. The number of nitrogens with one attached hydrogen (secondary N) is 1. The van der Waals surface area contributed by atoms with E-state index in [1.54, 1.807) is 0 Å². The summed E-state index contributed by atoms with van der Waals surface area (Å²) in [5.41, 5.74) is 2.78. The summed E-state index contributed by atoms with van der Waals surface area (Å²) >= 11 is 0. The second-order valence-electron chi connectivity index (χ2n) is 4.52. The van der Waals surface area contributed by atoms with Crippen molar-refractivity contribution in [3.8, 4) is 0 Å². The lowest BCUT2D eigenvalue weighted by atomic mass is 9.92. The Morgan fingerprint density at radius 2 is 2.40 bits per heavy atom. The van der Waals surface area contributed by atoms with Gasteiger partial charge in [0, 0.05) is 18.4 Å². The van der Waals surface area contributed by atoms with Gasteiger partial charge in [0.15, 0.2) is 0 Å². The van der Waals surface area contributed by atoms with Gasteiger partial charge in [-0.05, 0) is 48.9 Å². The van der Waals surface area contributed by atoms with Crippen LogP contribution in [0.5, 0.6) is 0 Å². The van der Waals surface area contributed by atoms with Crippen molar-refractivity contribution in [1.29, 1.82) is 0 Å². The summed E-state index contributed by atoms with van der Waals surface area (Å²) in [5, 5.41) is 3.58. The van der Waals surface area contributed by atoms with Gasteiger partial charge in [-0.2, -0.15) is 0 Å². The number of piperidine rings is 1. The van der Waals surface area contributed by atoms with Gasteiger partial charge in [0.05, 0.1) is 0 Å². The molecule has 0 bridgehead atoms. The maximum Gasteiger partial charge on any atom is 0.0342 e. The highest BCUT2D eigenvalue weighted by molar-refractivity contribution is 5.68. The van der Waals surface area contributed by atoms with E-state index in [9.17, 15) is 0 Å². The predicted molar refractivity (Wildman–Crippen MR) is 61.3 cm³/mol. The average molecular weight is 200 g/mol. The van der Waals surface area contributed by atoms with E-state index in [1.807, 2.05) is 18.5 Å². The summed E-state index contributed by atoms with van der Waals surface area (Å²) in [4.78, 5) is 4.19. The third-order valence-electron chi connectivity index (χ3n) is 3.53. The topological polar surface area (TPSA) is 24.9 Å². The van der Waals surface area contributed by atoms with E-state index < -0.39 is 0 Å². The van der Waals surface area contributed by atoms with Crippen LogP contribution in [0.15, 0.2) is 30.6 Å². The Kier molecular flexibility index (Phi) is 2.29. The van der Waals surface area contributed by atoms with Gasteiger partial charge in [0.1, 0.15) is 0 Å². The second-order valence-corrected chi connectivity index (χ2v) is 4.52. The highest BCUT2D eigenvalue weighted by Gasteiger charge is 2.29. The van der Waals surface area contributed by atoms with E-state index in [0.717, 1.165) is 5.92 Å². The molecular weight excluding hydrogens is 184 g/mol. The lowest BCUT2D eigenvalue weighted by molar-refractivity contribution is 0.341. The lowest BCUT2D eigenvalue weighted by Crippen LogP contribution is -2.37. The third kappa shape index (κ3) is 1.70. The minimum atomic E-state index is 0.619. The normalized spacial score (nSPS) is 29.7. The molecule has 1 N–H and O–H groups in total. The first-order chi connectivity index (χ1) is 7.43. The van der Waals surface area contributed by atoms with Crippen LogP contribution in [0.1, 0.15) is 24.8 Å². The molecule has 2 heteroatoms. The Labute approximate surface area is 90.4 Å². The van der Waals surface area contributed by atoms with E-state index in [0.29, 0.717) is 6.04 Å². The number of fused-ring (bicyclic) bond motifs is 1. The van der Waals surface area contributed by atoms with Crippen molar-refractivity contribution in [2.24, 2.45) is 5.92 Å². The van der Waals surface area contributed by atoms with Gasteiger partial charge in [0.25, 0.3) is 0 Å². The van der Waals surface area contributed by atoms with Crippen LogP contribution in [0.2, 0.25) is 0 Å². The van der Waals surface area contributed by atoms with E-state index >= 15 is 0 Å². The standard InChI is InChI=1S/C13H16N2/c1-4-11(9-14-5-1)12-7-10-3-2-6-15-13(10)8-12/h1,4-5,8-10,13,15H,2-3,6-7H2/t10-,13+/m1/s1. The Balaban J connectivity index is 1.84. The molecule has 78 valence electrons. The fourth-order valence-electron chi connectivity index (χ4n) is 2.74. The predicted octanol–water partition coefficient (Wildman–Crippen LogP) is 2.24. The highest BCUT2D eigenvalue weighted by atomic mass is 14.9. The maximum atomic E-state index is 4.19. The Morgan fingerprint density at radius 1 is 1.40 bits per heavy atom. The molecule has 1 aliphatic heterocycles. The zero-order chi connectivity index (χ0) is 10.1. The van der Waals surface area contributed by atoms with E-state index in [-0.39, 0.29) is 0 Å². The van der Waals surface area contributed by atoms with Gasteiger partial charge in [-0.1, -0.05) is 12.1 Å². The van der Waals surface area contributed by atoms with Gasteiger partial charge in [0.2, 0.25) is 0 Å². The second kappa shape index (κ2) is 3.78. The molecule has 2 heterocycles. The van der Waals surface area contributed by atoms with E-state index in [4.69, 9.17) is 0 Å². The molecule has 0 amide bonds. The van der Waals surface area contributed by atoms with Crippen LogP contribution in [0.25, 0.3) is 5.57 Å². The molecule has 1 aromatic heterocycles. The highest BCUT2D eigenvalue weighted by Crippen LogP contribution is 2.36. The van der Waals surface area contributed by atoms with Gasteiger partial charge in [-0.15, -0.1) is 0 Å². The first kappa shape index (κ1) is 9.10. The van der Waals surface area contributed by atoms with Crippen LogP contribution in [-0.2, 0) is 0 Å². The molecule has 1 aliphatic carbocycles. The van der Waals surface area contributed by atoms with E-state index in [1.165, 1.54) is 36.9 Å². The molecule has 0 radical (unpaired) electrons. The first-order valence-electron chi connectivity index (χ1n) is 5.78. The Morgan fingerprint density at radius 3 is 3.20 bits per heavy atom. The summed E-state index contributed by atoms with van der Waals surface area (Å²) < 4.78 is 0. The average Bonchev–Trinajstić information content (AvgIpc) is 2.74. The van der Waals surface area contributed by atoms with E-state index in [2.05, 4.69) is 22.4 Å². The number of rotatable bonds is 1. The van der Waals surface area contributed by atoms with Crippen molar-refractivity contribution in [3.63, 3.8) is 0 Å². The Bertz CT molecular complexity index is 369. The lowest BCUT2D eigenvalue weighted by Gasteiger charge is -2.25. The molecular formula is C13H16N2. The minimum absolute atomic E-state index is 0.619. The minimum Gasteiger partial charge on any atom is -0.310 e. The van der Waals surface area contributed by atoms with Crippen LogP contribution in [-0.4, -0.2) is 17.6 Å². The fourth-order valence-corrected chi connectivity index (χ4v) is 2.74. The van der Waals surface area contributed by atoms with Gasteiger partial charge in [-0.3, -0.25) is 4.98 Å². The smallest absolute Gasteiger partial charge is 0.0342 e. The molecule has 0 saturated carbocycles. The molecule has 3 rings (SSSR count). The van der Waals surface area contributed by atoms with Crippen molar-refractivity contribution in [1.82, 2.24) is 10.3 Å². The molecule has 15 heavy (non-hydrogen) atoms. The van der Waals surface area contributed by atoms with Gasteiger partial charge >= 0.3 is 0 Å². The SMILES string of the molecule is C1=C(c2cccnc2)C[C@H]2CCCN[C@@H]12. The van der Waals surface area contributed by atoms with Crippen LogP contribution in [0, 0.1) is 5.92 Å². The molecule has 2 nitrogen and oxygen atoms in total. The number of nitrogens with zero attached hydrogens (tertiary/aromatic N) is 1. The summed E-state index contributed by atoms with van der Waals surface area (Å²) in [6.45, 7) is 1.18. The molecule has 1 saturated heterocycles.